The quantitative estimate of drug-likeness (QED) is 0.598. The van der Waals surface area contributed by atoms with Gasteiger partial charge in [-0.25, -0.2) is 13.1 Å². The Balaban J connectivity index is 1.36. The largest absolute Gasteiger partial charge is 0.322 e. The van der Waals surface area contributed by atoms with Gasteiger partial charge in [-0.2, -0.15) is 0 Å². The molecule has 5 rings (SSSR count). The SMILES string of the molecule is O=C(Nc1cccc(-c2nnc3n2CCCCC3)c1)c1cccc(S(=O)(=O)NC2CC2)c1. The molecular formula is C23H25N5O3S. The Hall–Kier alpha value is -3.04. The maximum atomic E-state index is 12.8. The van der Waals surface area contributed by atoms with E-state index in [-0.39, 0.29) is 22.4 Å². The number of fused-ring (bicyclic) bond motifs is 1. The second-order valence-corrected chi connectivity index (χ2v) is 10.1. The zero-order valence-electron chi connectivity index (χ0n) is 17.6. The summed E-state index contributed by atoms with van der Waals surface area (Å²) in [4.78, 5) is 12.9. The average Bonchev–Trinajstić information content (AvgIpc) is 3.55. The average molecular weight is 452 g/mol. The van der Waals surface area contributed by atoms with Crippen molar-refractivity contribution in [3.63, 3.8) is 0 Å². The molecule has 9 heteroatoms. The first-order valence-corrected chi connectivity index (χ1v) is 12.4. The lowest BCUT2D eigenvalue weighted by atomic mass is 10.1. The van der Waals surface area contributed by atoms with Crippen molar-refractivity contribution in [2.75, 3.05) is 5.32 Å². The lowest BCUT2D eigenvalue weighted by Crippen LogP contribution is -2.26. The van der Waals surface area contributed by atoms with Crippen LogP contribution < -0.4 is 10.0 Å². The van der Waals surface area contributed by atoms with Crippen molar-refractivity contribution >= 4 is 21.6 Å². The van der Waals surface area contributed by atoms with Crippen molar-refractivity contribution < 1.29 is 13.2 Å². The summed E-state index contributed by atoms with van der Waals surface area (Å²) in [6.45, 7) is 0.893. The number of benzene rings is 2. The zero-order chi connectivity index (χ0) is 22.1. The number of hydrogen-bond donors (Lipinski definition) is 2. The third-order valence-electron chi connectivity index (χ3n) is 5.79. The summed E-state index contributed by atoms with van der Waals surface area (Å²) < 4.78 is 29.8. The van der Waals surface area contributed by atoms with Crippen LogP contribution in [-0.4, -0.2) is 35.1 Å². The lowest BCUT2D eigenvalue weighted by Gasteiger charge is -2.10. The van der Waals surface area contributed by atoms with Gasteiger partial charge < -0.3 is 9.88 Å². The van der Waals surface area contributed by atoms with E-state index in [1.807, 2.05) is 18.2 Å². The number of sulfonamides is 1. The molecule has 1 amide bonds. The Bertz CT molecular complexity index is 1260. The van der Waals surface area contributed by atoms with Crippen LogP contribution in [0.25, 0.3) is 11.4 Å². The van der Waals surface area contributed by atoms with Crippen molar-refractivity contribution in [1.29, 1.82) is 0 Å². The molecule has 2 aliphatic rings. The van der Waals surface area contributed by atoms with Crippen LogP contribution in [-0.2, 0) is 23.0 Å². The van der Waals surface area contributed by atoms with E-state index in [1.165, 1.54) is 18.6 Å². The van der Waals surface area contributed by atoms with Gasteiger partial charge >= 0.3 is 0 Å². The summed E-state index contributed by atoms with van der Waals surface area (Å²) in [6.07, 6.45) is 6.04. The maximum Gasteiger partial charge on any atom is 0.255 e. The molecule has 1 fully saturated rings. The lowest BCUT2D eigenvalue weighted by molar-refractivity contribution is 0.102. The number of anilines is 1. The van der Waals surface area contributed by atoms with Gasteiger partial charge in [0.1, 0.15) is 5.82 Å². The van der Waals surface area contributed by atoms with E-state index in [1.54, 1.807) is 18.2 Å². The molecule has 0 spiro atoms. The number of nitrogens with zero attached hydrogens (tertiary/aromatic N) is 3. The summed E-state index contributed by atoms with van der Waals surface area (Å²) >= 11 is 0. The standard InChI is InChI=1S/C23H25N5O3S/c29-23(17-7-5-9-20(15-17)32(30,31)27-18-11-12-18)24-19-8-4-6-16(14-19)22-26-25-21-10-2-1-3-13-28(21)22/h4-9,14-15,18,27H,1-3,10-13H2,(H,24,29). The fraction of sp³-hybridized carbons (Fsp3) is 0.348. The number of carbonyl (C=O) groups is 1. The number of aryl methyl sites for hydroxylation is 1. The van der Waals surface area contributed by atoms with Gasteiger partial charge in [0, 0.05) is 35.8 Å². The Morgan fingerprint density at radius 2 is 1.84 bits per heavy atom. The predicted molar refractivity (Wildman–Crippen MR) is 121 cm³/mol. The minimum absolute atomic E-state index is 0.00687. The number of hydrogen-bond acceptors (Lipinski definition) is 5. The van der Waals surface area contributed by atoms with Crippen LogP contribution in [0.5, 0.6) is 0 Å². The van der Waals surface area contributed by atoms with Gasteiger partial charge in [-0.3, -0.25) is 4.79 Å². The Morgan fingerprint density at radius 3 is 2.69 bits per heavy atom. The molecule has 0 bridgehead atoms. The van der Waals surface area contributed by atoms with Gasteiger partial charge in [-0.1, -0.05) is 24.6 Å². The van der Waals surface area contributed by atoms with Crippen molar-refractivity contribution in [3.05, 3.63) is 59.9 Å². The number of nitrogens with one attached hydrogen (secondary N) is 2. The number of carbonyl (C=O) groups excluding carboxylic acids is 1. The van der Waals surface area contributed by atoms with E-state index in [4.69, 9.17) is 0 Å². The minimum Gasteiger partial charge on any atom is -0.322 e. The molecule has 0 radical (unpaired) electrons. The first kappa shape index (κ1) is 20.8. The van der Waals surface area contributed by atoms with Gasteiger partial charge in [-0.15, -0.1) is 10.2 Å². The molecule has 8 nitrogen and oxygen atoms in total. The first-order chi connectivity index (χ1) is 15.5. The first-order valence-electron chi connectivity index (χ1n) is 11.0. The second kappa shape index (κ2) is 8.48. The van der Waals surface area contributed by atoms with Crippen LogP contribution in [0.4, 0.5) is 5.69 Å². The van der Waals surface area contributed by atoms with Gasteiger partial charge in [0.15, 0.2) is 5.82 Å². The summed E-state index contributed by atoms with van der Waals surface area (Å²) in [6, 6.07) is 13.6. The molecule has 0 atom stereocenters. The monoisotopic (exact) mass is 451 g/mol. The molecule has 0 saturated heterocycles. The molecular weight excluding hydrogens is 426 g/mol. The third-order valence-corrected chi connectivity index (χ3v) is 7.31. The van der Waals surface area contributed by atoms with E-state index < -0.39 is 10.0 Å². The van der Waals surface area contributed by atoms with Crippen LogP contribution in [0, 0.1) is 0 Å². The van der Waals surface area contributed by atoms with Crippen molar-refractivity contribution in [2.45, 2.75) is 56.0 Å². The van der Waals surface area contributed by atoms with E-state index in [9.17, 15) is 13.2 Å². The van der Waals surface area contributed by atoms with Crippen LogP contribution in [0.3, 0.4) is 0 Å². The minimum atomic E-state index is -3.62. The van der Waals surface area contributed by atoms with E-state index in [0.29, 0.717) is 5.69 Å². The van der Waals surface area contributed by atoms with Gasteiger partial charge in [0.05, 0.1) is 4.90 Å². The highest BCUT2D eigenvalue weighted by molar-refractivity contribution is 7.89. The number of rotatable bonds is 6. The predicted octanol–water partition coefficient (Wildman–Crippen LogP) is 3.36. The molecule has 166 valence electrons. The summed E-state index contributed by atoms with van der Waals surface area (Å²) in [5.74, 6) is 1.44. The summed E-state index contributed by atoms with van der Waals surface area (Å²) in [5.41, 5.74) is 1.78. The highest BCUT2D eigenvalue weighted by Crippen LogP contribution is 2.26. The molecule has 1 aromatic heterocycles. The molecule has 3 aromatic rings. The molecule has 1 saturated carbocycles. The van der Waals surface area contributed by atoms with E-state index in [0.717, 1.165) is 55.9 Å². The highest BCUT2D eigenvalue weighted by Gasteiger charge is 2.28. The zero-order valence-corrected chi connectivity index (χ0v) is 18.4. The van der Waals surface area contributed by atoms with Crippen LogP contribution >= 0.6 is 0 Å². The molecule has 1 aliphatic carbocycles. The molecule has 1 aliphatic heterocycles. The summed E-state index contributed by atoms with van der Waals surface area (Å²) in [5, 5.41) is 11.6. The van der Waals surface area contributed by atoms with Gasteiger partial charge in [0.25, 0.3) is 5.91 Å². The molecule has 2 heterocycles. The van der Waals surface area contributed by atoms with E-state index in [2.05, 4.69) is 24.8 Å². The maximum absolute atomic E-state index is 12.8. The fourth-order valence-corrected chi connectivity index (χ4v) is 5.28. The highest BCUT2D eigenvalue weighted by atomic mass is 32.2. The van der Waals surface area contributed by atoms with Crippen LogP contribution in [0.2, 0.25) is 0 Å². The Morgan fingerprint density at radius 1 is 1.00 bits per heavy atom. The summed E-state index contributed by atoms with van der Waals surface area (Å²) in [7, 11) is -3.62. The molecule has 32 heavy (non-hydrogen) atoms. The van der Waals surface area contributed by atoms with Crippen LogP contribution in [0.15, 0.2) is 53.4 Å². The fourth-order valence-electron chi connectivity index (χ4n) is 3.93. The molecule has 2 N–H and O–H groups in total. The van der Waals surface area contributed by atoms with Crippen molar-refractivity contribution in [3.8, 4) is 11.4 Å². The molecule has 2 aromatic carbocycles. The van der Waals surface area contributed by atoms with E-state index >= 15 is 0 Å². The van der Waals surface area contributed by atoms with Crippen molar-refractivity contribution in [2.24, 2.45) is 0 Å². The van der Waals surface area contributed by atoms with Gasteiger partial charge in [0.2, 0.25) is 10.0 Å². The normalized spacial score (nSPS) is 16.2. The third kappa shape index (κ3) is 4.44. The smallest absolute Gasteiger partial charge is 0.255 e. The molecule has 0 unspecified atom stereocenters. The topological polar surface area (TPSA) is 106 Å². The van der Waals surface area contributed by atoms with Crippen molar-refractivity contribution in [1.82, 2.24) is 19.5 Å². The van der Waals surface area contributed by atoms with Gasteiger partial charge in [-0.05, 0) is 56.0 Å². The number of amides is 1. The number of aromatic nitrogens is 3. The second-order valence-electron chi connectivity index (χ2n) is 8.36. The van der Waals surface area contributed by atoms with Crippen LogP contribution in [0.1, 0.15) is 48.3 Å². The Kier molecular flexibility index (Phi) is 5.52. The Labute approximate surface area is 187 Å².